The Hall–Kier alpha value is -3.22. The van der Waals surface area contributed by atoms with Crippen LogP contribution in [0, 0.1) is 6.92 Å². The number of carbonyl (C=O) groups excluding carboxylic acids is 1. The fraction of sp³-hybridized carbons (Fsp3) is 0.125. The smallest absolute Gasteiger partial charge is 0.252 e. The number of hydrogen-bond donors (Lipinski definition) is 2. The van der Waals surface area contributed by atoms with Gasteiger partial charge in [-0.25, -0.2) is 13.1 Å². The van der Waals surface area contributed by atoms with Crippen LogP contribution in [0.3, 0.4) is 0 Å². The van der Waals surface area contributed by atoms with Gasteiger partial charge in [0.2, 0.25) is 10.0 Å². The average Bonchev–Trinajstić information content (AvgIpc) is 2.77. The zero-order chi connectivity index (χ0) is 21.6. The van der Waals surface area contributed by atoms with Crippen molar-refractivity contribution < 1.29 is 13.2 Å². The molecule has 0 aliphatic carbocycles. The number of carbonyl (C=O) groups is 1. The summed E-state index contributed by atoms with van der Waals surface area (Å²) >= 11 is 0. The summed E-state index contributed by atoms with van der Waals surface area (Å²) in [5.41, 5.74) is 3.27. The Kier molecular flexibility index (Phi) is 6.82. The molecule has 3 rings (SSSR count). The van der Waals surface area contributed by atoms with Crippen molar-refractivity contribution in [3.05, 3.63) is 114 Å². The minimum absolute atomic E-state index is 0.0311. The van der Waals surface area contributed by atoms with E-state index >= 15 is 0 Å². The third kappa shape index (κ3) is 5.23. The highest BCUT2D eigenvalue weighted by Gasteiger charge is 2.20. The van der Waals surface area contributed by atoms with Gasteiger partial charge in [-0.2, -0.15) is 0 Å². The first-order valence-electron chi connectivity index (χ1n) is 9.54. The molecule has 0 heterocycles. The molecular formula is C24H24N2O3S. The van der Waals surface area contributed by atoms with Crippen molar-refractivity contribution in [1.82, 2.24) is 10.0 Å². The SMILES string of the molecule is C=CCNS(=O)(=O)c1cccc(C(=O)NC(c2ccccc2)c2ccc(C)cc2)c1. The molecule has 0 radical (unpaired) electrons. The van der Waals surface area contributed by atoms with E-state index in [1.807, 2.05) is 61.5 Å². The Morgan fingerprint density at radius 2 is 1.63 bits per heavy atom. The average molecular weight is 421 g/mol. The molecule has 0 saturated heterocycles. The summed E-state index contributed by atoms with van der Waals surface area (Å²) in [6, 6.07) is 23.2. The normalized spacial score (nSPS) is 12.2. The molecule has 0 fully saturated rings. The zero-order valence-corrected chi connectivity index (χ0v) is 17.5. The maximum absolute atomic E-state index is 13.0. The number of nitrogens with one attached hydrogen (secondary N) is 2. The summed E-state index contributed by atoms with van der Waals surface area (Å²) in [4.78, 5) is 13.1. The summed E-state index contributed by atoms with van der Waals surface area (Å²) in [5.74, 6) is -0.356. The van der Waals surface area contributed by atoms with Crippen molar-refractivity contribution >= 4 is 15.9 Å². The Labute approximate surface area is 177 Å². The molecule has 3 aromatic rings. The summed E-state index contributed by atoms with van der Waals surface area (Å²) in [5, 5.41) is 3.04. The molecule has 0 bridgehead atoms. The van der Waals surface area contributed by atoms with Crippen molar-refractivity contribution in [2.75, 3.05) is 6.54 Å². The molecule has 6 heteroatoms. The zero-order valence-electron chi connectivity index (χ0n) is 16.7. The molecule has 30 heavy (non-hydrogen) atoms. The molecule has 154 valence electrons. The second kappa shape index (κ2) is 9.52. The molecule has 5 nitrogen and oxygen atoms in total. The molecule has 0 aliphatic heterocycles. The molecule has 1 amide bonds. The summed E-state index contributed by atoms with van der Waals surface area (Å²) < 4.78 is 27.2. The molecule has 0 aromatic heterocycles. The van der Waals surface area contributed by atoms with Gasteiger partial charge in [0.1, 0.15) is 0 Å². The topological polar surface area (TPSA) is 75.3 Å². The van der Waals surface area contributed by atoms with Crippen molar-refractivity contribution in [3.63, 3.8) is 0 Å². The van der Waals surface area contributed by atoms with Gasteiger partial charge in [0.05, 0.1) is 10.9 Å². The Bertz CT molecular complexity index is 1120. The monoisotopic (exact) mass is 420 g/mol. The van der Waals surface area contributed by atoms with E-state index in [1.165, 1.54) is 18.2 Å². The fourth-order valence-electron chi connectivity index (χ4n) is 3.03. The summed E-state index contributed by atoms with van der Waals surface area (Å²) in [7, 11) is -3.72. The van der Waals surface area contributed by atoms with Gasteiger partial charge in [-0.05, 0) is 36.2 Å². The van der Waals surface area contributed by atoms with Gasteiger partial charge in [0.25, 0.3) is 5.91 Å². The van der Waals surface area contributed by atoms with E-state index in [4.69, 9.17) is 0 Å². The second-order valence-electron chi connectivity index (χ2n) is 6.90. The number of amides is 1. The highest BCUT2D eigenvalue weighted by molar-refractivity contribution is 7.89. The van der Waals surface area contributed by atoms with Crippen LogP contribution in [-0.4, -0.2) is 20.9 Å². The first-order chi connectivity index (χ1) is 14.4. The number of aryl methyl sites for hydroxylation is 1. The lowest BCUT2D eigenvalue weighted by Gasteiger charge is -2.20. The highest BCUT2D eigenvalue weighted by Crippen LogP contribution is 2.23. The van der Waals surface area contributed by atoms with Gasteiger partial charge in [0.15, 0.2) is 0 Å². The molecule has 0 spiro atoms. The Balaban J connectivity index is 1.90. The molecule has 0 saturated carbocycles. The maximum Gasteiger partial charge on any atom is 0.252 e. The van der Waals surface area contributed by atoms with Crippen LogP contribution in [0.25, 0.3) is 0 Å². The standard InChI is InChI=1S/C24H24N2O3S/c1-3-16-25-30(28,29)22-11-7-10-21(17-22)24(27)26-23(19-8-5-4-6-9-19)20-14-12-18(2)13-15-20/h3-15,17,23,25H,1,16H2,2H3,(H,26,27). The van der Waals surface area contributed by atoms with E-state index in [1.54, 1.807) is 12.1 Å². The van der Waals surface area contributed by atoms with Gasteiger partial charge in [-0.15, -0.1) is 6.58 Å². The fourth-order valence-corrected chi connectivity index (χ4v) is 4.08. The maximum atomic E-state index is 13.0. The molecule has 3 aromatic carbocycles. The summed E-state index contributed by atoms with van der Waals surface area (Å²) in [6.07, 6.45) is 1.46. The van der Waals surface area contributed by atoms with Crippen LogP contribution in [0.2, 0.25) is 0 Å². The van der Waals surface area contributed by atoms with Crippen molar-refractivity contribution in [2.45, 2.75) is 17.9 Å². The molecule has 1 atom stereocenters. The van der Waals surface area contributed by atoms with Gasteiger partial charge in [-0.3, -0.25) is 4.79 Å². The molecule has 0 aliphatic rings. The second-order valence-corrected chi connectivity index (χ2v) is 8.66. The molecule has 1 unspecified atom stereocenters. The van der Waals surface area contributed by atoms with Crippen molar-refractivity contribution in [1.29, 1.82) is 0 Å². The largest absolute Gasteiger partial charge is 0.341 e. The van der Waals surface area contributed by atoms with Crippen molar-refractivity contribution in [2.24, 2.45) is 0 Å². The van der Waals surface area contributed by atoms with E-state index in [-0.39, 0.29) is 29.0 Å². The van der Waals surface area contributed by atoms with Crippen LogP contribution in [0.5, 0.6) is 0 Å². The van der Waals surface area contributed by atoms with E-state index in [9.17, 15) is 13.2 Å². The minimum Gasteiger partial charge on any atom is -0.341 e. The van der Waals surface area contributed by atoms with E-state index in [0.717, 1.165) is 16.7 Å². The first kappa shape index (κ1) is 21.5. The van der Waals surface area contributed by atoms with Gasteiger partial charge in [0, 0.05) is 12.1 Å². The van der Waals surface area contributed by atoms with Crippen LogP contribution in [0.4, 0.5) is 0 Å². The Morgan fingerprint density at radius 1 is 0.967 bits per heavy atom. The van der Waals surface area contributed by atoms with E-state index in [0.29, 0.717) is 0 Å². The van der Waals surface area contributed by atoms with Gasteiger partial charge in [-0.1, -0.05) is 72.3 Å². The van der Waals surface area contributed by atoms with E-state index < -0.39 is 10.0 Å². The number of hydrogen-bond acceptors (Lipinski definition) is 3. The predicted molar refractivity (Wildman–Crippen MR) is 119 cm³/mol. The number of benzene rings is 3. The van der Waals surface area contributed by atoms with Crippen LogP contribution in [-0.2, 0) is 10.0 Å². The van der Waals surface area contributed by atoms with Crippen LogP contribution < -0.4 is 10.0 Å². The number of sulfonamides is 1. The third-order valence-corrected chi connectivity index (χ3v) is 6.06. The van der Waals surface area contributed by atoms with Crippen LogP contribution >= 0.6 is 0 Å². The summed E-state index contributed by atoms with van der Waals surface area (Å²) in [6.45, 7) is 5.63. The third-order valence-electron chi connectivity index (χ3n) is 4.64. The molecular weight excluding hydrogens is 396 g/mol. The lowest BCUT2D eigenvalue weighted by molar-refractivity contribution is 0.0942. The van der Waals surface area contributed by atoms with Crippen LogP contribution in [0.15, 0.2) is 96.4 Å². The lowest BCUT2D eigenvalue weighted by Crippen LogP contribution is -2.30. The van der Waals surface area contributed by atoms with Gasteiger partial charge < -0.3 is 5.32 Å². The lowest BCUT2D eigenvalue weighted by atomic mass is 9.97. The minimum atomic E-state index is -3.72. The quantitative estimate of drug-likeness (QED) is 0.541. The van der Waals surface area contributed by atoms with Gasteiger partial charge >= 0.3 is 0 Å². The Morgan fingerprint density at radius 3 is 2.30 bits per heavy atom. The van der Waals surface area contributed by atoms with Crippen LogP contribution in [0.1, 0.15) is 33.1 Å². The van der Waals surface area contributed by atoms with E-state index in [2.05, 4.69) is 16.6 Å². The number of rotatable bonds is 8. The van der Waals surface area contributed by atoms with Crippen molar-refractivity contribution in [3.8, 4) is 0 Å². The molecule has 2 N–H and O–H groups in total. The predicted octanol–water partition coefficient (Wildman–Crippen LogP) is 3.98. The highest BCUT2D eigenvalue weighted by atomic mass is 32.2. The first-order valence-corrected chi connectivity index (χ1v) is 11.0.